The van der Waals surface area contributed by atoms with Crippen LogP contribution in [0, 0.1) is 13.8 Å². The van der Waals surface area contributed by atoms with Crippen LogP contribution in [0.3, 0.4) is 0 Å². The molecule has 0 aliphatic carbocycles. The Kier molecular flexibility index (Phi) is 6.63. The summed E-state index contributed by atoms with van der Waals surface area (Å²) in [6, 6.07) is 19.4. The monoisotopic (exact) mass is 483 g/mol. The molecule has 0 bridgehead atoms. The van der Waals surface area contributed by atoms with Gasteiger partial charge in [0.1, 0.15) is 0 Å². The molecule has 1 fully saturated rings. The van der Waals surface area contributed by atoms with Gasteiger partial charge in [-0.05, 0) is 61.9 Å². The Hall–Kier alpha value is -3.03. The second-order valence-electron chi connectivity index (χ2n) is 8.21. The maximum absolute atomic E-state index is 13.3. The molecule has 0 atom stereocenters. The van der Waals surface area contributed by atoms with Gasteiger partial charge in [-0.3, -0.25) is 9.52 Å². The summed E-state index contributed by atoms with van der Waals surface area (Å²) in [6.45, 7) is 6.20. The van der Waals surface area contributed by atoms with E-state index in [0.29, 0.717) is 42.5 Å². The van der Waals surface area contributed by atoms with Gasteiger partial charge in [-0.2, -0.15) is 0 Å². The third-order valence-corrected chi connectivity index (χ3v) is 7.41. The number of amides is 1. The summed E-state index contributed by atoms with van der Waals surface area (Å²) < 4.78 is 28.4. The number of aryl methyl sites for hydroxylation is 2. The van der Waals surface area contributed by atoms with Crippen LogP contribution in [0.5, 0.6) is 0 Å². The molecule has 8 heteroatoms. The molecule has 3 aromatic rings. The van der Waals surface area contributed by atoms with Crippen LogP contribution in [-0.2, 0) is 10.0 Å². The summed E-state index contributed by atoms with van der Waals surface area (Å²) in [5.41, 5.74) is 3.69. The summed E-state index contributed by atoms with van der Waals surface area (Å²) in [6.07, 6.45) is 0. The number of anilines is 2. The quantitative estimate of drug-likeness (QED) is 0.570. The molecule has 1 saturated heterocycles. The van der Waals surface area contributed by atoms with Crippen LogP contribution in [0.2, 0.25) is 5.02 Å². The van der Waals surface area contributed by atoms with Crippen LogP contribution in [0.1, 0.15) is 21.5 Å². The topological polar surface area (TPSA) is 69.7 Å². The molecule has 3 aromatic carbocycles. The molecule has 33 heavy (non-hydrogen) atoms. The van der Waals surface area contributed by atoms with Crippen LogP contribution in [-0.4, -0.2) is 45.4 Å². The van der Waals surface area contributed by atoms with Gasteiger partial charge in [-0.25, -0.2) is 8.42 Å². The van der Waals surface area contributed by atoms with E-state index >= 15 is 0 Å². The number of hydrogen-bond donors (Lipinski definition) is 1. The van der Waals surface area contributed by atoms with Crippen LogP contribution >= 0.6 is 11.6 Å². The minimum Gasteiger partial charge on any atom is -0.368 e. The third-order valence-electron chi connectivity index (χ3n) is 5.79. The van der Waals surface area contributed by atoms with E-state index in [9.17, 15) is 13.2 Å². The van der Waals surface area contributed by atoms with Gasteiger partial charge < -0.3 is 9.80 Å². The van der Waals surface area contributed by atoms with Crippen LogP contribution in [0.25, 0.3) is 0 Å². The van der Waals surface area contributed by atoms with Crippen LogP contribution < -0.4 is 9.62 Å². The van der Waals surface area contributed by atoms with Crippen molar-refractivity contribution in [1.29, 1.82) is 0 Å². The average Bonchev–Trinajstić information content (AvgIpc) is 2.80. The maximum atomic E-state index is 13.3. The molecular weight excluding hydrogens is 458 g/mol. The Morgan fingerprint density at radius 2 is 1.61 bits per heavy atom. The molecule has 1 heterocycles. The predicted molar refractivity (Wildman–Crippen MR) is 133 cm³/mol. The lowest BCUT2D eigenvalue weighted by Gasteiger charge is -2.36. The molecular formula is C25H26ClN3O3S. The number of piperazine rings is 1. The van der Waals surface area contributed by atoms with Crippen molar-refractivity contribution in [2.24, 2.45) is 0 Å². The van der Waals surface area contributed by atoms with E-state index < -0.39 is 10.0 Å². The molecule has 0 aromatic heterocycles. The van der Waals surface area contributed by atoms with Gasteiger partial charge in [-0.1, -0.05) is 41.4 Å². The van der Waals surface area contributed by atoms with Gasteiger partial charge in [0.15, 0.2) is 0 Å². The predicted octanol–water partition coefficient (Wildman–Crippen LogP) is 4.72. The highest BCUT2D eigenvalue weighted by atomic mass is 35.5. The normalized spacial score (nSPS) is 14.3. The van der Waals surface area contributed by atoms with Crippen molar-refractivity contribution >= 4 is 38.9 Å². The summed E-state index contributed by atoms with van der Waals surface area (Å²) >= 11 is 6.10. The van der Waals surface area contributed by atoms with Crippen molar-refractivity contribution in [1.82, 2.24) is 4.90 Å². The molecule has 172 valence electrons. The lowest BCUT2D eigenvalue weighted by atomic mass is 10.1. The zero-order valence-corrected chi connectivity index (χ0v) is 20.2. The van der Waals surface area contributed by atoms with E-state index in [2.05, 4.69) is 9.62 Å². The summed E-state index contributed by atoms with van der Waals surface area (Å²) in [7, 11) is -3.82. The number of carbonyl (C=O) groups is 1. The molecule has 6 nitrogen and oxygen atoms in total. The number of nitrogens with zero attached hydrogens (tertiary/aromatic N) is 2. The van der Waals surface area contributed by atoms with Gasteiger partial charge >= 0.3 is 0 Å². The first-order chi connectivity index (χ1) is 15.7. The van der Waals surface area contributed by atoms with Crippen molar-refractivity contribution in [2.45, 2.75) is 18.7 Å². The van der Waals surface area contributed by atoms with E-state index in [1.54, 1.807) is 23.1 Å². The molecule has 0 unspecified atom stereocenters. The van der Waals surface area contributed by atoms with Crippen molar-refractivity contribution in [3.63, 3.8) is 0 Å². The zero-order valence-electron chi connectivity index (χ0n) is 18.6. The highest BCUT2D eigenvalue weighted by Gasteiger charge is 2.25. The van der Waals surface area contributed by atoms with Gasteiger partial charge in [0.2, 0.25) is 0 Å². The highest BCUT2D eigenvalue weighted by molar-refractivity contribution is 7.92. The van der Waals surface area contributed by atoms with E-state index in [4.69, 9.17) is 11.6 Å². The smallest absolute Gasteiger partial charge is 0.261 e. The molecule has 0 radical (unpaired) electrons. The first kappa shape index (κ1) is 23.1. The van der Waals surface area contributed by atoms with Gasteiger partial charge in [0.25, 0.3) is 15.9 Å². The molecule has 1 amide bonds. The van der Waals surface area contributed by atoms with E-state index in [-0.39, 0.29) is 10.8 Å². The minimum absolute atomic E-state index is 0.0644. The fourth-order valence-electron chi connectivity index (χ4n) is 3.85. The fraction of sp³-hybridized carbons (Fsp3) is 0.240. The van der Waals surface area contributed by atoms with Crippen LogP contribution in [0.15, 0.2) is 71.6 Å². The average molecular weight is 484 g/mol. The van der Waals surface area contributed by atoms with Crippen LogP contribution in [0.4, 0.5) is 11.4 Å². The summed E-state index contributed by atoms with van der Waals surface area (Å²) in [4.78, 5) is 17.3. The number of sulfonamides is 1. The Bertz CT molecular complexity index is 1270. The third kappa shape index (κ3) is 5.31. The largest absolute Gasteiger partial charge is 0.368 e. The molecule has 0 spiro atoms. The first-order valence-electron chi connectivity index (χ1n) is 10.7. The Labute approximate surface area is 199 Å². The van der Waals surface area contributed by atoms with Gasteiger partial charge in [-0.15, -0.1) is 0 Å². The summed E-state index contributed by atoms with van der Waals surface area (Å²) in [5, 5.41) is 0.680. The number of benzene rings is 3. The van der Waals surface area contributed by atoms with Gasteiger partial charge in [0, 0.05) is 48.1 Å². The molecule has 4 rings (SSSR count). The minimum atomic E-state index is -3.82. The number of nitrogens with one attached hydrogen (secondary N) is 1. The molecule has 1 aliphatic heterocycles. The number of rotatable bonds is 5. The maximum Gasteiger partial charge on any atom is 0.261 e. The van der Waals surface area contributed by atoms with E-state index in [1.165, 1.54) is 12.1 Å². The van der Waals surface area contributed by atoms with Crippen molar-refractivity contribution in [3.05, 3.63) is 88.4 Å². The highest BCUT2D eigenvalue weighted by Crippen LogP contribution is 2.24. The standard InChI is InChI=1S/C25H26ClN3O3S/c1-18-6-9-21(10-7-18)27-33(31,32)23-11-8-19(2)24(17-23)25(30)29-14-12-28(13-15-29)22-5-3-4-20(26)16-22/h3-11,16-17,27H,12-15H2,1-2H3. The molecule has 0 saturated carbocycles. The second kappa shape index (κ2) is 9.45. The van der Waals surface area contributed by atoms with Gasteiger partial charge in [0.05, 0.1) is 4.90 Å². The van der Waals surface area contributed by atoms with E-state index in [1.807, 2.05) is 50.2 Å². The Balaban J connectivity index is 1.49. The molecule has 1 N–H and O–H groups in total. The van der Waals surface area contributed by atoms with Crippen molar-refractivity contribution in [3.8, 4) is 0 Å². The van der Waals surface area contributed by atoms with Crippen molar-refractivity contribution in [2.75, 3.05) is 35.8 Å². The number of carbonyl (C=O) groups excluding carboxylic acids is 1. The SMILES string of the molecule is Cc1ccc(NS(=O)(=O)c2ccc(C)c(C(=O)N3CCN(c4cccc(Cl)c4)CC3)c2)cc1. The number of hydrogen-bond acceptors (Lipinski definition) is 4. The lowest BCUT2D eigenvalue weighted by Crippen LogP contribution is -2.49. The number of halogens is 1. The van der Waals surface area contributed by atoms with Crippen molar-refractivity contribution < 1.29 is 13.2 Å². The zero-order chi connectivity index (χ0) is 23.6. The molecule has 1 aliphatic rings. The summed E-state index contributed by atoms with van der Waals surface area (Å²) in [5.74, 6) is -0.161. The first-order valence-corrected chi connectivity index (χ1v) is 12.6. The lowest BCUT2D eigenvalue weighted by molar-refractivity contribution is 0.0746. The Morgan fingerprint density at radius 3 is 2.27 bits per heavy atom. The second-order valence-corrected chi connectivity index (χ2v) is 10.3. The van der Waals surface area contributed by atoms with E-state index in [0.717, 1.165) is 16.8 Å². The fourth-order valence-corrected chi connectivity index (χ4v) is 5.11. The Morgan fingerprint density at radius 1 is 0.909 bits per heavy atom.